The lowest BCUT2D eigenvalue weighted by Crippen LogP contribution is -2.13. The molecule has 0 aliphatic rings. The van der Waals surface area contributed by atoms with Gasteiger partial charge in [0.15, 0.2) is 0 Å². The first-order valence-electron chi connectivity index (χ1n) is 8.26. The number of rotatable bonds is 6. The van der Waals surface area contributed by atoms with E-state index in [0.717, 1.165) is 29.9 Å². The molecule has 4 nitrogen and oxygen atoms in total. The van der Waals surface area contributed by atoms with Crippen molar-refractivity contribution in [3.8, 4) is 0 Å². The monoisotopic (exact) mass is 313 g/mol. The Morgan fingerprint density at radius 2 is 2.00 bits per heavy atom. The fourth-order valence-corrected chi connectivity index (χ4v) is 2.80. The highest BCUT2D eigenvalue weighted by Gasteiger charge is 2.13. The Labute approximate surface area is 138 Å². The van der Waals surface area contributed by atoms with Crippen LogP contribution in [0.15, 0.2) is 24.3 Å². The molecule has 1 amide bonds. The van der Waals surface area contributed by atoms with Crippen LogP contribution >= 0.6 is 0 Å². The lowest BCUT2D eigenvalue weighted by molar-refractivity contribution is -0.116. The van der Waals surface area contributed by atoms with Crippen LogP contribution in [0.4, 0.5) is 5.69 Å². The molecule has 0 atom stereocenters. The van der Waals surface area contributed by atoms with Gasteiger partial charge in [0, 0.05) is 24.3 Å². The minimum atomic E-state index is 0.0472. The van der Waals surface area contributed by atoms with E-state index >= 15 is 0 Å². The normalized spacial score (nSPS) is 11.0. The van der Waals surface area contributed by atoms with E-state index in [1.165, 1.54) is 11.3 Å². The molecule has 1 N–H and O–H groups in total. The highest BCUT2D eigenvalue weighted by Crippen LogP contribution is 2.17. The van der Waals surface area contributed by atoms with E-state index < -0.39 is 0 Å². The zero-order valence-corrected chi connectivity index (χ0v) is 14.8. The van der Waals surface area contributed by atoms with Crippen LogP contribution in [-0.2, 0) is 17.8 Å². The molecule has 0 saturated heterocycles. The highest BCUT2D eigenvalue weighted by atomic mass is 16.1. The smallest absolute Gasteiger partial charge is 0.224 e. The molecule has 2 aromatic rings. The molecule has 0 radical (unpaired) electrons. The molecule has 0 bridgehead atoms. The first-order valence-corrected chi connectivity index (χ1v) is 8.26. The Balaban J connectivity index is 1.98. The molecule has 4 heteroatoms. The van der Waals surface area contributed by atoms with Crippen LogP contribution < -0.4 is 5.32 Å². The summed E-state index contributed by atoms with van der Waals surface area (Å²) in [5, 5.41) is 7.57. The second-order valence-corrected chi connectivity index (χ2v) is 6.64. The van der Waals surface area contributed by atoms with Crippen LogP contribution in [0.5, 0.6) is 0 Å². The van der Waals surface area contributed by atoms with E-state index in [1.807, 2.05) is 38.1 Å². The first kappa shape index (κ1) is 17.3. The number of nitrogens with zero attached hydrogens (tertiary/aromatic N) is 2. The predicted molar refractivity (Wildman–Crippen MR) is 94.7 cm³/mol. The lowest BCUT2D eigenvalue weighted by Gasteiger charge is -2.08. The molecule has 124 valence electrons. The minimum absolute atomic E-state index is 0.0472. The average Bonchev–Trinajstić information content (AvgIpc) is 2.70. The van der Waals surface area contributed by atoms with Gasteiger partial charge in [-0.3, -0.25) is 9.48 Å². The van der Waals surface area contributed by atoms with Crippen LogP contribution in [0.25, 0.3) is 0 Å². The molecular weight excluding hydrogens is 286 g/mol. The molecule has 23 heavy (non-hydrogen) atoms. The predicted octanol–water partition coefficient (Wildman–Crippen LogP) is 4.04. The maximum Gasteiger partial charge on any atom is 0.224 e. The number of aryl methyl sites for hydroxylation is 2. The third kappa shape index (κ3) is 4.68. The van der Waals surface area contributed by atoms with Gasteiger partial charge in [-0.1, -0.05) is 26.0 Å². The molecular formula is C19H27N3O. The maximum absolute atomic E-state index is 12.2. The van der Waals surface area contributed by atoms with Crippen LogP contribution in [0.2, 0.25) is 0 Å². The van der Waals surface area contributed by atoms with E-state index in [-0.39, 0.29) is 5.91 Å². The third-order valence-electron chi connectivity index (χ3n) is 3.97. The number of carbonyl (C=O) groups is 1. The highest BCUT2D eigenvalue weighted by molar-refractivity contribution is 5.90. The topological polar surface area (TPSA) is 46.9 Å². The SMILES string of the molecule is Cc1cccc(NC(=O)CCc2c(C)nn(CC(C)C)c2C)c1. The Kier molecular flexibility index (Phi) is 5.59. The minimum Gasteiger partial charge on any atom is -0.326 e. The number of benzene rings is 1. The third-order valence-corrected chi connectivity index (χ3v) is 3.97. The summed E-state index contributed by atoms with van der Waals surface area (Å²) in [6.07, 6.45) is 1.20. The van der Waals surface area contributed by atoms with Crippen molar-refractivity contribution in [2.45, 2.75) is 54.0 Å². The fourth-order valence-electron chi connectivity index (χ4n) is 2.80. The summed E-state index contributed by atoms with van der Waals surface area (Å²) in [4.78, 5) is 12.2. The Hall–Kier alpha value is -2.10. The summed E-state index contributed by atoms with van der Waals surface area (Å²) < 4.78 is 2.06. The molecule has 1 heterocycles. The molecule has 0 fully saturated rings. The molecule has 0 saturated carbocycles. The van der Waals surface area contributed by atoms with E-state index in [2.05, 4.69) is 35.9 Å². The zero-order chi connectivity index (χ0) is 17.0. The van der Waals surface area contributed by atoms with E-state index in [0.29, 0.717) is 12.3 Å². The van der Waals surface area contributed by atoms with Crippen LogP contribution in [-0.4, -0.2) is 15.7 Å². The van der Waals surface area contributed by atoms with Gasteiger partial charge in [-0.05, 0) is 56.4 Å². The van der Waals surface area contributed by atoms with Gasteiger partial charge in [0.25, 0.3) is 0 Å². The summed E-state index contributed by atoms with van der Waals surface area (Å²) in [6, 6.07) is 7.87. The summed E-state index contributed by atoms with van der Waals surface area (Å²) in [5.74, 6) is 0.608. The number of aromatic nitrogens is 2. The summed E-state index contributed by atoms with van der Waals surface area (Å²) in [5.41, 5.74) is 5.42. The van der Waals surface area contributed by atoms with Gasteiger partial charge in [0.1, 0.15) is 0 Å². The molecule has 1 aromatic carbocycles. The largest absolute Gasteiger partial charge is 0.326 e. The van der Waals surface area contributed by atoms with Crippen LogP contribution in [0.3, 0.4) is 0 Å². The van der Waals surface area contributed by atoms with Gasteiger partial charge < -0.3 is 5.32 Å². The van der Waals surface area contributed by atoms with E-state index in [9.17, 15) is 4.79 Å². The van der Waals surface area contributed by atoms with Gasteiger partial charge in [0.2, 0.25) is 5.91 Å². The molecule has 0 aliphatic carbocycles. The summed E-state index contributed by atoms with van der Waals surface area (Å²) in [7, 11) is 0. The fraction of sp³-hybridized carbons (Fsp3) is 0.474. The average molecular weight is 313 g/mol. The number of hydrogen-bond acceptors (Lipinski definition) is 2. The van der Waals surface area contributed by atoms with Gasteiger partial charge >= 0.3 is 0 Å². The van der Waals surface area contributed by atoms with Crippen molar-refractivity contribution in [3.05, 3.63) is 46.8 Å². The van der Waals surface area contributed by atoms with Crippen molar-refractivity contribution in [2.24, 2.45) is 5.92 Å². The molecule has 1 aromatic heterocycles. The van der Waals surface area contributed by atoms with Crippen molar-refractivity contribution in [3.63, 3.8) is 0 Å². The zero-order valence-electron chi connectivity index (χ0n) is 14.8. The van der Waals surface area contributed by atoms with Crippen molar-refractivity contribution in [1.82, 2.24) is 9.78 Å². The number of carbonyl (C=O) groups excluding carboxylic acids is 1. The second-order valence-electron chi connectivity index (χ2n) is 6.64. The quantitative estimate of drug-likeness (QED) is 0.875. The van der Waals surface area contributed by atoms with Gasteiger partial charge in [0.05, 0.1) is 5.69 Å². The van der Waals surface area contributed by atoms with Crippen LogP contribution in [0, 0.1) is 26.7 Å². The van der Waals surface area contributed by atoms with E-state index in [1.54, 1.807) is 0 Å². The summed E-state index contributed by atoms with van der Waals surface area (Å²) >= 11 is 0. The molecule has 2 rings (SSSR count). The van der Waals surface area contributed by atoms with Crippen LogP contribution in [0.1, 0.15) is 42.8 Å². The van der Waals surface area contributed by atoms with Crippen molar-refractivity contribution >= 4 is 11.6 Å². The molecule has 0 aliphatic heterocycles. The van der Waals surface area contributed by atoms with Crippen molar-refractivity contribution < 1.29 is 4.79 Å². The van der Waals surface area contributed by atoms with E-state index in [4.69, 9.17) is 0 Å². The van der Waals surface area contributed by atoms with Gasteiger partial charge in [-0.2, -0.15) is 5.10 Å². The number of nitrogens with one attached hydrogen (secondary N) is 1. The maximum atomic E-state index is 12.2. The van der Waals surface area contributed by atoms with Gasteiger partial charge in [-0.15, -0.1) is 0 Å². The van der Waals surface area contributed by atoms with Gasteiger partial charge in [-0.25, -0.2) is 0 Å². The first-order chi connectivity index (χ1) is 10.9. The standard InChI is InChI=1S/C19H27N3O/c1-13(2)12-22-16(5)18(15(4)21-22)9-10-19(23)20-17-8-6-7-14(3)11-17/h6-8,11,13H,9-10,12H2,1-5H3,(H,20,23). The second kappa shape index (κ2) is 7.44. The molecule has 0 unspecified atom stereocenters. The Bertz CT molecular complexity index is 686. The van der Waals surface area contributed by atoms with Crippen molar-refractivity contribution in [2.75, 3.05) is 5.32 Å². The Morgan fingerprint density at radius 3 is 2.65 bits per heavy atom. The number of amides is 1. The number of hydrogen-bond donors (Lipinski definition) is 1. The molecule has 0 spiro atoms. The van der Waals surface area contributed by atoms with Crippen molar-refractivity contribution in [1.29, 1.82) is 0 Å². The number of anilines is 1. The lowest BCUT2D eigenvalue weighted by atomic mass is 10.1. The Morgan fingerprint density at radius 1 is 1.26 bits per heavy atom. The summed E-state index contributed by atoms with van der Waals surface area (Å²) in [6.45, 7) is 11.4.